The van der Waals surface area contributed by atoms with Gasteiger partial charge in [-0.1, -0.05) is 49.1 Å². The topological polar surface area (TPSA) is 9.23 Å². The molecule has 0 heterocycles. The number of benzene rings is 2. The number of hydrogen-bond donors (Lipinski definition) is 0. The van der Waals surface area contributed by atoms with Crippen LogP contribution in [-0.4, -0.2) is 0 Å². The highest BCUT2D eigenvalue weighted by Crippen LogP contribution is 2.18. The van der Waals surface area contributed by atoms with Gasteiger partial charge in [-0.05, 0) is 36.2 Å². The van der Waals surface area contributed by atoms with Gasteiger partial charge in [0.1, 0.15) is 12.4 Å². The lowest BCUT2D eigenvalue weighted by molar-refractivity contribution is 0.306. The van der Waals surface area contributed by atoms with Crippen molar-refractivity contribution in [2.45, 2.75) is 26.9 Å². The first-order chi connectivity index (χ1) is 9.29. The Morgan fingerprint density at radius 1 is 1.05 bits per heavy atom. The predicted octanol–water partition coefficient (Wildman–Crippen LogP) is 4.34. The van der Waals surface area contributed by atoms with Crippen LogP contribution < -0.4 is 4.74 Å². The van der Waals surface area contributed by atoms with Crippen molar-refractivity contribution in [2.24, 2.45) is 0 Å². The molecule has 2 rings (SSSR count). The third kappa shape index (κ3) is 3.89. The molecule has 1 heteroatoms. The second-order valence-electron chi connectivity index (χ2n) is 4.41. The maximum atomic E-state index is 5.78. The zero-order chi connectivity index (χ0) is 13.5. The minimum absolute atomic E-state index is 0.597. The van der Waals surface area contributed by atoms with Crippen LogP contribution in [0.15, 0.2) is 48.5 Å². The zero-order valence-corrected chi connectivity index (χ0v) is 11.4. The van der Waals surface area contributed by atoms with E-state index in [0.29, 0.717) is 6.61 Å². The Morgan fingerprint density at radius 3 is 2.53 bits per heavy atom. The van der Waals surface area contributed by atoms with Crippen molar-refractivity contribution in [1.29, 1.82) is 0 Å². The van der Waals surface area contributed by atoms with Gasteiger partial charge in [0.25, 0.3) is 0 Å². The molecule has 96 valence electrons. The summed E-state index contributed by atoms with van der Waals surface area (Å²) in [5.41, 5.74) is 3.41. The van der Waals surface area contributed by atoms with Gasteiger partial charge in [0.15, 0.2) is 0 Å². The summed E-state index contributed by atoms with van der Waals surface area (Å²) in [5.74, 6) is 7.14. The van der Waals surface area contributed by atoms with E-state index < -0.39 is 0 Å². The Morgan fingerprint density at radius 2 is 1.84 bits per heavy atom. The highest BCUT2D eigenvalue weighted by Gasteiger charge is 1.99. The van der Waals surface area contributed by atoms with E-state index in [2.05, 4.69) is 37.8 Å². The Hall–Kier alpha value is -2.20. The Balaban J connectivity index is 2.04. The summed E-state index contributed by atoms with van der Waals surface area (Å²) in [7, 11) is 0. The molecule has 0 saturated heterocycles. The van der Waals surface area contributed by atoms with E-state index in [-0.39, 0.29) is 0 Å². The lowest BCUT2D eigenvalue weighted by atomic mass is 10.1. The summed E-state index contributed by atoms with van der Waals surface area (Å²) in [6.07, 6.45) is 0.881. The molecule has 0 fully saturated rings. The van der Waals surface area contributed by atoms with Crippen LogP contribution in [0.25, 0.3) is 0 Å². The normalized spacial score (nSPS) is 9.58. The van der Waals surface area contributed by atoms with Gasteiger partial charge in [0.05, 0.1) is 0 Å². The first-order valence-electron chi connectivity index (χ1n) is 6.56. The van der Waals surface area contributed by atoms with Crippen molar-refractivity contribution in [1.82, 2.24) is 0 Å². The fraction of sp³-hybridized carbons (Fsp3) is 0.222. The average molecular weight is 250 g/mol. The van der Waals surface area contributed by atoms with Crippen LogP contribution in [0, 0.1) is 18.8 Å². The van der Waals surface area contributed by atoms with Crippen molar-refractivity contribution < 1.29 is 4.74 Å². The molecule has 2 aromatic carbocycles. The first kappa shape index (κ1) is 13.2. The smallest absolute Gasteiger partial charge is 0.120 e. The lowest BCUT2D eigenvalue weighted by Crippen LogP contribution is -1.95. The molecular weight excluding hydrogens is 232 g/mol. The van der Waals surface area contributed by atoms with Gasteiger partial charge in [-0.3, -0.25) is 0 Å². The molecule has 0 atom stereocenters. The van der Waals surface area contributed by atoms with Crippen molar-refractivity contribution >= 4 is 0 Å². The molecular formula is C18H18O. The fourth-order valence-electron chi connectivity index (χ4n) is 1.79. The first-order valence-corrected chi connectivity index (χ1v) is 6.56. The van der Waals surface area contributed by atoms with E-state index in [9.17, 15) is 0 Å². The summed E-state index contributed by atoms with van der Waals surface area (Å²) < 4.78 is 5.78. The highest BCUT2D eigenvalue weighted by atomic mass is 16.5. The molecule has 0 radical (unpaired) electrons. The van der Waals surface area contributed by atoms with E-state index in [1.165, 1.54) is 5.56 Å². The summed E-state index contributed by atoms with van der Waals surface area (Å²) in [6.45, 7) is 4.72. The third-order valence-corrected chi connectivity index (χ3v) is 2.85. The number of aryl methyl sites for hydroxylation is 1. The van der Waals surface area contributed by atoms with Crippen LogP contribution in [-0.2, 0) is 6.61 Å². The lowest BCUT2D eigenvalue weighted by Gasteiger charge is -2.08. The number of hydrogen-bond acceptors (Lipinski definition) is 1. The molecule has 0 saturated carbocycles. The van der Waals surface area contributed by atoms with E-state index >= 15 is 0 Å². The molecule has 1 nitrogen and oxygen atoms in total. The standard InChI is InChI=1S/C18H18O/c1-3-4-10-17-11-12-18(13-15(17)2)19-14-16-8-6-5-7-9-16/h5-9,11-13H,3,14H2,1-2H3. The summed E-state index contributed by atoms with van der Waals surface area (Å²) >= 11 is 0. The Labute approximate surface area is 115 Å². The largest absolute Gasteiger partial charge is 0.489 e. The van der Waals surface area contributed by atoms with Gasteiger partial charge in [0, 0.05) is 12.0 Å². The van der Waals surface area contributed by atoms with Crippen LogP contribution >= 0.6 is 0 Å². The maximum Gasteiger partial charge on any atom is 0.120 e. The van der Waals surface area contributed by atoms with E-state index in [1.54, 1.807) is 0 Å². The molecule has 0 aromatic heterocycles. The Kier molecular flexibility index (Phi) is 4.64. The number of rotatable bonds is 3. The number of ether oxygens (including phenoxy) is 1. The zero-order valence-electron chi connectivity index (χ0n) is 11.4. The fourth-order valence-corrected chi connectivity index (χ4v) is 1.79. The van der Waals surface area contributed by atoms with Crippen molar-refractivity contribution in [2.75, 3.05) is 0 Å². The molecule has 0 aliphatic rings. The summed E-state index contributed by atoms with van der Waals surface area (Å²) in [4.78, 5) is 0. The van der Waals surface area contributed by atoms with E-state index in [4.69, 9.17) is 4.74 Å². The molecule has 0 aliphatic heterocycles. The van der Waals surface area contributed by atoms with E-state index in [1.807, 2.05) is 36.4 Å². The van der Waals surface area contributed by atoms with Crippen LogP contribution in [0.3, 0.4) is 0 Å². The van der Waals surface area contributed by atoms with Gasteiger partial charge in [-0.15, -0.1) is 0 Å². The summed E-state index contributed by atoms with van der Waals surface area (Å²) in [6, 6.07) is 16.2. The minimum Gasteiger partial charge on any atom is -0.489 e. The second-order valence-corrected chi connectivity index (χ2v) is 4.41. The maximum absolute atomic E-state index is 5.78. The van der Waals surface area contributed by atoms with Crippen molar-refractivity contribution in [3.05, 3.63) is 65.2 Å². The van der Waals surface area contributed by atoms with Gasteiger partial charge in [-0.25, -0.2) is 0 Å². The molecule has 0 unspecified atom stereocenters. The predicted molar refractivity (Wildman–Crippen MR) is 79.1 cm³/mol. The average Bonchev–Trinajstić information content (AvgIpc) is 2.45. The van der Waals surface area contributed by atoms with Crippen molar-refractivity contribution in [3.8, 4) is 17.6 Å². The molecule has 19 heavy (non-hydrogen) atoms. The SMILES string of the molecule is CCC#Cc1ccc(OCc2ccccc2)cc1C. The molecule has 0 amide bonds. The molecule has 0 bridgehead atoms. The van der Waals surface area contributed by atoms with Gasteiger partial charge >= 0.3 is 0 Å². The molecule has 0 N–H and O–H groups in total. The monoisotopic (exact) mass is 250 g/mol. The molecule has 0 spiro atoms. The third-order valence-electron chi connectivity index (χ3n) is 2.85. The van der Waals surface area contributed by atoms with Crippen molar-refractivity contribution in [3.63, 3.8) is 0 Å². The van der Waals surface area contributed by atoms with Gasteiger partial charge < -0.3 is 4.74 Å². The summed E-state index contributed by atoms with van der Waals surface area (Å²) in [5, 5.41) is 0. The van der Waals surface area contributed by atoms with Crippen LogP contribution in [0.5, 0.6) is 5.75 Å². The van der Waals surface area contributed by atoms with Crippen LogP contribution in [0.1, 0.15) is 30.0 Å². The molecule has 0 aliphatic carbocycles. The van der Waals surface area contributed by atoms with Crippen LogP contribution in [0.2, 0.25) is 0 Å². The van der Waals surface area contributed by atoms with Gasteiger partial charge in [-0.2, -0.15) is 0 Å². The second kappa shape index (κ2) is 6.66. The minimum atomic E-state index is 0.597. The van der Waals surface area contributed by atoms with Crippen LogP contribution in [0.4, 0.5) is 0 Å². The van der Waals surface area contributed by atoms with E-state index in [0.717, 1.165) is 23.3 Å². The molecule has 2 aromatic rings. The Bertz CT molecular complexity index is 588. The van der Waals surface area contributed by atoms with Gasteiger partial charge in [0.2, 0.25) is 0 Å². The highest BCUT2D eigenvalue weighted by molar-refractivity contribution is 5.44. The quantitative estimate of drug-likeness (QED) is 0.736.